The van der Waals surface area contributed by atoms with Gasteiger partial charge in [-0.2, -0.15) is 5.10 Å². The largest absolute Gasteiger partial charge is 0.328 e. The number of rotatable bonds is 4. The number of imidazole rings is 1. The Hall–Kier alpha value is -1.30. The molecule has 5 nitrogen and oxygen atoms in total. The van der Waals surface area contributed by atoms with Gasteiger partial charge in [-0.05, 0) is 29.3 Å². The molecular weight excluding hydrogens is 296 g/mol. The third-order valence-corrected chi connectivity index (χ3v) is 3.95. The lowest BCUT2D eigenvalue weighted by Gasteiger charge is -2.05. The van der Waals surface area contributed by atoms with Crippen molar-refractivity contribution in [1.29, 1.82) is 0 Å². The molecule has 0 fully saturated rings. The molecule has 0 aliphatic heterocycles. The van der Waals surface area contributed by atoms with Crippen molar-refractivity contribution in [3.05, 3.63) is 38.7 Å². The fourth-order valence-electron chi connectivity index (χ4n) is 1.96. The molecule has 0 spiro atoms. The van der Waals surface area contributed by atoms with Crippen molar-refractivity contribution in [3.63, 3.8) is 0 Å². The predicted octanol–water partition coefficient (Wildman–Crippen LogP) is 1.78. The first-order valence-corrected chi connectivity index (χ1v) is 6.83. The molecule has 0 aliphatic rings. The minimum absolute atomic E-state index is 0.0104. The van der Waals surface area contributed by atoms with Crippen LogP contribution in [0.1, 0.15) is 25.2 Å². The topological polar surface area (TPSA) is 44.8 Å². The molecule has 2 aromatic heterocycles. The summed E-state index contributed by atoms with van der Waals surface area (Å²) in [6.45, 7) is 5.47. The summed E-state index contributed by atoms with van der Waals surface area (Å²) >= 11 is 3.59. The second-order valence-corrected chi connectivity index (χ2v) is 4.99. The van der Waals surface area contributed by atoms with E-state index in [0.717, 1.165) is 28.8 Å². The quantitative estimate of drug-likeness (QED) is 0.864. The molecule has 2 rings (SSSR count). The van der Waals surface area contributed by atoms with Crippen molar-refractivity contribution in [3.8, 4) is 0 Å². The highest BCUT2D eigenvalue weighted by molar-refractivity contribution is 9.10. The lowest BCUT2D eigenvalue weighted by molar-refractivity contribution is 0.585. The van der Waals surface area contributed by atoms with E-state index in [-0.39, 0.29) is 5.69 Å². The lowest BCUT2D eigenvalue weighted by atomic mass is 10.3. The van der Waals surface area contributed by atoms with E-state index in [1.807, 2.05) is 4.68 Å². The van der Waals surface area contributed by atoms with E-state index in [1.54, 1.807) is 28.6 Å². The maximum Gasteiger partial charge on any atom is 0.328 e. The zero-order chi connectivity index (χ0) is 13.3. The molecule has 0 bridgehead atoms. The Bertz CT molecular complexity index is 608. The highest BCUT2D eigenvalue weighted by atomic mass is 79.9. The number of hydrogen-bond donors (Lipinski definition) is 0. The molecule has 0 radical (unpaired) electrons. The van der Waals surface area contributed by atoms with Crippen LogP contribution in [-0.4, -0.2) is 18.9 Å². The first-order chi connectivity index (χ1) is 8.58. The van der Waals surface area contributed by atoms with Gasteiger partial charge in [0.2, 0.25) is 0 Å². The van der Waals surface area contributed by atoms with Crippen LogP contribution in [0.3, 0.4) is 0 Å². The SMILES string of the molecule is CCc1nn(CC)c(Cn2ccn(C)c2=O)c1Br. The van der Waals surface area contributed by atoms with Crippen LogP contribution in [0.15, 0.2) is 21.7 Å². The number of aryl methyl sites for hydroxylation is 3. The first kappa shape index (κ1) is 13.1. The molecule has 0 saturated heterocycles. The zero-order valence-corrected chi connectivity index (χ0v) is 12.4. The third-order valence-electron chi connectivity index (χ3n) is 3.03. The minimum Gasteiger partial charge on any atom is -0.302 e. The fourth-order valence-corrected chi connectivity index (χ4v) is 2.65. The molecular formula is C12H17BrN4O. The summed E-state index contributed by atoms with van der Waals surface area (Å²) in [7, 11) is 1.75. The predicted molar refractivity (Wildman–Crippen MR) is 73.8 cm³/mol. The summed E-state index contributed by atoms with van der Waals surface area (Å²) in [5, 5.41) is 4.53. The molecule has 0 atom stereocenters. The van der Waals surface area contributed by atoms with Crippen LogP contribution >= 0.6 is 15.9 Å². The van der Waals surface area contributed by atoms with Gasteiger partial charge in [0.1, 0.15) is 0 Å². The number of halogens is 1. The Morgan fingerprint density at radius 2 is 2.06 bits per heavy atom. The maximum absolute atomic E-state index is 11.8. The first-order valence-electron chi connectivity index (χ1n) is 6.04. The summed E-state index contributed by atoms with van der Waals surface area (Å²) in [5.41, 5.74) is 2.07. The van der Waals surface area contributed by atoms with Gasteiger partial charge in [-0.15, -0.1) is 0 Å². The minimum atomic E-state index is -0.0104. The molecule has 6 heteroatoms. The van der Waals surface area contributed by atoms with Crippen molar-refractivity contribution in [2.24, 2.45) is 7.05 Å². The summed E-state index contributed by atoms with van der Waals surface area (Å²) in [5.74, 6) is 0. The second-order valence-electron chi connectivity index (χ2n) is 4.20. The van der Waals surface area contributed by atoms with Gasteiger partial charge in [-0.25, -0.2) is 4.79 Å². The Kier molecular flexibility index (Phi) is 3.75. The van der Waals surface area contributed by atoms with Crippen LogP contribution in [0.4, 0.5) is 0 Å². The van der Waals surface area contributed by atoms with E-state index in [2.05, 4.69) is 34.9 Å². The lowest BCUT2D eigenvalue weighted by Crippen LogP contribution is -2.23. The smallest absolute Gasteiger partial charge is 0.302 e. The molecule has 0 aliphatic carbocycles. The van der Waals surface area contributed by atoms with Gasteiger partial charge in [-0.3, -0.25) is 9.25 Å². The van der Waals surface area contributed by atoms with Crippen LogP contribution < -0.4 is 5.69 Å². The number of hydrogen-bond acceptors (Lipinski definition) is 2. The van der Waals surface area contributed by atoms with Crippen LogP contribution in [0, 0.1) is 0 Å². The molecule has 2 aromatic rings. The highest BCUT2D eigenvalue weighted by Gasteiger charge is 2.15. The number of nitrogens with zero attached hydrogens (tertiary/aromatic N) is 4. The second kappa shape index (κ2) is 5.14. The van der Waals surface area contributed by atoms with Gasteiger partial charge in [0, 0.05) is 26.0 Å². The van der Waals surface area contributed by atoms with Gasteiger partial charge < -0.3 is 4.57 Å². The molecule has 0 amide bonds. The van der Waals surface area contributed by atoms with Crippen molar-refractivity contribution < 1.29 is 0 Å². The summed E-state index contributed by atoms with van der Waals surface area (Å²) in [6.07, 6.45) is 4.45. The fraction of sp³-hybridized carbons (Fsp3) is 0.500. The summed E-state index contributed by atoms with van der Waals surface area (Å²) in [4.78, 5) is 11.8. The average molecular weight is 313 g/mol. The zero-order valence-electron chi connectivity index (χ0n) is 10.9. The van der Waals surface area contributed by atoms with Crippen molar-refractivity contribution in [1.82, 2.24) is 18.9 Å². The van der Waals surface area contributed by atoms with E-state index in [1.165, 1.54) is 0 Å². The molecule has 98 valence electrons. The maximum atomic E-state index is 11.8. The van der Waals surface area contributed by atoms with Crippen LogP contribution in [-0.2, 0) is 26.6 Å². The number of aromatic nitrogens is 4. The molecule has 18 heavy (non-hydrogen) atoms. The summed E-state index contributed by atoms with van der Waals surface area (Å²) in [6, 6.07) is 0. The van der Waals surface area contributed by atoms with Crippen molar-refractivity contribution in [2.75, 3.05) is 0 Å². The van der Waals surface area contributed by atoms with Gasteiger partial charge >= 0.3 is 5.69 Å². The molecule has 0 unspecified atom stereocenters. The standard InChI is InChI=1S/C12H17BrN4O/c1-4-9-11(13)10(17(5-2)14-9)8-16-7-6-15(3)12(16)18/h6-7H,4-5,8H2,1-3H3. The Labute approximate surface area is 114 Å². The van der Waals surface area contributed by atoms with Gasteiger partial charge in [0.05, 0.1) is 22.4 Å². The van der Waals surface area contributed by atoms with E-state index >= 15 is 0 Å². The van der Waals surface area contributed by atoms with Crippen LogP contribution in [0.2, 0.25) is 0 Å². The van der Waals surface area contributed by atoms with E-state index in [4.69, 9.17) is 0 Å². The van der Waals surface area contributed by atoms with E-state index in [9.17, 15) is 4.79 Å². The Morgan fingerprint density at radius 1 is 1.33 bits per heavy atom. The van der Waals surface area contributed by atoms with E-state index in [0.29, 0.717) is 6.54 Å². The normalized spacial score (nSPS) is 11.1. The van der Waals surface area contributed by atoms with Gasteiger partial charge in [-0.1, -0.05) is 6.92 Å². The highest BCUT2D eigenvalue weighted by Crippen LogP contribution is 2.22. The van der Waals surface area contributed by atoms with Crippen LogP contribution in [0.5, 0.6) is 0 Å². The monoisotopic (exact) mass is 312 g/mol. The van der Waals surface area contributed by atoms with Gasteiger partial charge in [0.15, 0.2) is 0 Å². The van der Waals surface area contributed by atoms with Crippen molar-refractivity contribution >= 4 is 15.9 Å². The van der Waals surface area contributed by atoms with E-state index < -0.39 is 0 Å². The summed E-state index contributed by atoms with van der Waals surface area (Å²) < 4.78 is 6.22. The van der Waals surface area contributed by atoms with Crippen LogP contribution in [0.25, 0.3) is 0 Å². The molecule has 0 N–H and O–H groups in total. The van der Waals surface area contributed by atoms with Gasteiger partial charge in [0.25, 0.3) is 0 Å². The molecule has 2 heterocycles. The average Bonchev–Trinajstić information content (AvgIpc) is 2.85. The Balaban J connectivity index is 2.42. The van der Waals surface area contributed by atoms with Crippen molar-refractivity contribution in [2.45, 2.75) is 33.4 Å². The molecule has 0 aromatic carbocycles. The Morgan fingerprint density at radius 3 is 2.56 bits per heavy atom. The third kappa shape index (κ3) is 2.16. The molecule has 0 saturated carbocycles.